The highest BCUT2D eigenvalue weighted by atomic mass is 15.1. The van der Waals surface area contributed by atoms with Crippen molar-refractivity contribution in [3.05, 3.63) is 157 Å². The Bertz CT molecular complexity index is 3340. The predicted octanol–water partition coefficient (Wildman–Crippen LogP) is 11.5. The molecule has 0 saturated carbocycles. The normalized spacial score (nSPS) is 16.4. The second-order valence-corrected chi connectivity index (χ2v) is 10.6. The first-order valence-corrected chi connectivity index (χ1v) is 14.5. The van der Waals surface area contributed by atoms with E-state index in [4.69, 9.17) is 18.7 Å². The zero-order chi connectivity index (χ0) is 43.0. The molecule has 0 saturated heterocycles. The van der Waals surface area contributed by atoms with Gasteiger partial charge in [-0.25, -0.2) is 4.98 Å². The standard InChI is InChI=1S/C43H30N2/c1-2-41-44-38-24-11-12-25-40(38)45(41)39-27-26-37(30-17-5-6-18-31(30)39)43-35-21-9-7-19-33(35)42(34-20-8-10-22-36(34)43)32-23-13-15-28-14-3-4-16-29(28)32/h3-27H,2H2,1H3/i3D,4D,7D,8D,9D,10D,13D,14D,15D,16D,19D,20D,21D,22D,23D. The van der Waals surface area contributed by atoms with E-state index in [1.165, 1.54) is 0 Å². The number of rotatable bonds is 4. The van der Waals surface area contributed by atoms with Crippen LogP contribution in [0.1, 0.15) is 33.3 Å². The molecule has 0 bridgehead atoms. The van der Waals surface area contributed by atoms with E-state index in [1.807, 2.05) is 60.0 Å². The first kappa shape index (κ1) is 14.8. The fraction of sp³-hybridized carbons (Fsp3) is 0.0465. The number of fused-ring (bicyclic) bond motifs is 5. The highest BCUT2D eigenvalue weighted by molar-refractivity contribution is 6.25. The minimum Gasteiger partial charge on any atom is -0.296 e. The summed E-state index contributed by atoms with van der Waals surface area (Å²) in [4.78, 5) is 4.86. The van der Waals surface area contributed by atoms with E-state index in [2.05, 4.69) is 0 Å². The van der Waals surface area contributed by atoms with Crippen LogP contribution >= 0.6 is 0 Å². The summed E-state index contributed by atoms with van der Waals surface area (Å²) >= 11 is 0. The van der Waals surface area contributed by atoms with Crippen LogP contribution in [0.15, 0.2) is 151 Å². The van der Waals surface area contributed by atoms with Crippen molar-refractivity contribution in [1.29, 1.82) is 0 Å². The molecule has 0 aliphatic rings. The van der Waals surface area contributed by atoms with Crippen molar-refractivity contribution in [3.8, 4) is 27.9 Å². The Balaban J connectivity index is 1.58. The predicted molar refractivity (Wildman–Crippen MR) is 191 cm³/mol. The molecular weight excluding hydrogens is 544 g/mol. The van der Waals surface area contributed by atoms with Crippen LogP contribution in [0.25, 0.3) is 82.1 Å². The maximum atomic E-state index is 9.48. The molecule has 9 aromatic rings. The monoisotopic (exact) mass is 589 g/mol. The van der Waals surface area contributed by atoms with Crippen molar-refractivity contribution in [2.45, 2.75) is 13.3 Å². The molecule has 0 N–H and O–H groups in total. The van der Waals surface area contributed by atoms with Gasteiger partial charge in [-0.05, 0) is 78.2 Å². The molecule has 0 fully saturated rings. The molecule has 0 aliphatic carbocycles. The second kappa shape index (κ2) is 10.2. The van der Waals surface area contributed by atoms with Crippen molar-refractivity contribution >= 4 is 54.1 Å². The zero-order valence-corrected chi connectivity index (χ0v) is 23.9. The summed E-state index contributed by atoms with van der Waals surface area (Å²) in [6.45, 7) is 1.99. The van der Waals surface area contributed by atoms with Gasteiger partial charge in [0.05, 0.1) is 37.3 Å². The first-order chi connectivity index (χ1) is 28.5. The summed E-state index contributed by atoms with van der Waals surface area (Å²) in [5.41, 5.74) is 1.98. The number of hydrogen-bond acceptors (Lipinski definition) is 1. The first-order valence-electron chi connectivity index (χ1n) is 22.0. The summed E-state index contributed by atoms with van der Waals surface area (Å²) < 4.78 is 137. The molecule has 0 amide bonds. The minimum absolute atomic E-state index is 0.0395. The Hall–Kier alpha value is -5.73. The largest absolute Gasteiger partial charge is 0.296 e. The van der Waals surface area contributed by atoms with Crippen molar-refractivity contribution < 1.29 is 20.6 Å². The molecule has 8 aromatic carbocycles. The molecule has 212 valence electrons. The van der Waals surface area contributed by atoms with E-state index in [0.717, 1.165) is 22.5 Å². The van der Waals surface area contributed by atoms with Crippen LogP contribution < -0.4 is 0 Å². The van der Waals surface area contributed by atoms with Crippen LogP contribution in [0.2, 0.25) is 0 Å². The van der Waals surface area contributed by atoms with Gasteiger partial charge in [-0.2, -0.15) is 0 Å². The van der Waals surface area contributed by atoms with Crippen molar-refractivity contribution in [1.82, 2.24) is 9.55 Å². The summed E-state index contributed by atoms with van der Waals surface area (Å²) in [6, 6.07) is 8.44. The Morgan fingerprint density at radius 1 is 0.533 bits per heavy atom. The fourth-order valence-corrected chi connectivity index (χ4v) is 6.42. The number of imidazole rings is 1. The molecule has 9 rings (SSSR count). The van der Waals surface area contributed by atoms with E-state index in [9.17, 15) is 6.85 Å². The van der Waals surface area contributed by atoms with Gasteiger partial charge in [0, 0.05) is 11.8 Å². The maximum absolute atomic E-state index is 9.48. The van der Waals surface area contributed by atoms with E-state index in [-0.39, 0.29) is 32.7 Å². The lowest BCUT2D eigenvalue weighted by Gasteiger charge is -2.20. The molecule has 1 aromatic heterocycles. The van der Waals surface area contributed by atoms with Gasteiger partial charge < -0.3 is 0 Å². The topological polar surface area (TPSA) is 17.8 Å². The number of benzene rings is 8. The van der Waals surface area contributed by atoms with Gasteiger partial charge in [-0.15, -0.1) is 0 Å². The average Bonchev–Trinajstić information content (AvgIpc) is 3.63. The number of aryl methyl sites for hydroxylation is 1. The third kappa shape index (κ3) is 3.86. The number of para-hydroxylation sites is 2. The Labute approximate surface area is 282 Å². The second-order valence-electron chi connectivity index (χ2n) is 10.6. The third-order valence-electron chi connectivity index (χ3n) is 8.30. The zero-order valence-electron chi connectivity index (χ0n) is 38.9. The smallest absolute Gasteiger partial charge is 0.114 e. The Morgan fingerprint density at radius 3 is 1.82 bits per heavy atom. The Kier molecular flexibility index (Phi) is 3.35. The molecule has 0 atom stereocenters. The summed E-state index contributed by atoms with van der Waals surface area (Å²) in [7, 11) is 0. The van der Waals surface area contributed by atoms with Gasteiger partial charge >= 0.3 is 0 Å². The third-order valence-corrected chi connectivity index (χ3v) is 8.30. The molecule has 2 nitrogen and oxygen atoms in total. The lowest BCUT2D eigenvalue weighted by atomic mass is 9.83. The van der Waals surface area contributed by atoms with E-state index in [0.29, 0.717) is 22.8 Å². The van der Waals surface area contributed by atoms with Crippen molar-refractivity contribution in [2.75, 3.05) is 0 Å². The van der Waals surface area contributed by atoms with E-state index in [1.54, 1.807) is 12.1 Å². The van der Waals surface area contributed by atoms with E-state index < -0.39 is 107 Å². The van der Waals surface area contributed by atoms with Gasteiger partial charge in [-0.3, -0.25) is 4.57 Å². The van der Waals surface area contributed by atoms with Crippen LogP contribution in [0.5, 0.6) is 0 Å². The van der Waals surface area contributed by atoms with Gasteiger partial charge in [0.2, 0.25) is 0 Å². The highest BCUT2D eigenvalue weighted by Crippen LogP contribution is 2.47. The van der Waals surface area contributed by atoms with Crippen LogP contribution in [0.4, 0.5) is 0 Å². The molecule has 0 unspecified atom stereocenters. The van der Waals surface area contributed by atoms with Crippen LogP contribution in [-0.4, -0.2) is 9.55 Å². The van der Waals surface area contributed by atoms with E-state index >= 15 is 0 Å². The van der Waals surface area contributed by atoms with Crippen molar-refractivity contribution in [3.63, 3.8) is 0 Å². The van der Waals surface area contributed by atoms with Gasteiger partial charge in [0.25, 0.3) is 0 Å². The van der Waals surface area contributed by atoms with Gasteiger partial charge in [-0.1, -0.05) is 140 Å². The minimum atomic E-state index is -0.755. The number of nitrogens with zero attached hydrogens (tertiary/aromatic N) is 2. The summed E-state index contributed by atoms with van der Waals surface area (Å²) in [5.74, 6) is 0.779. The molecule has 45 heavy (non-hydrogen) atoms. The van der Waals surface area contributed by atoms with Crippen LogP contribution in [0.3, 0.4) is 0 Å². The summed E-state index contributed by atoms with van der Waals surface area (Å²) in [6.07, 6.45) is 0.592. The quantitative estimate of drug-likeness (QED) is 0.187. The SMILES string of the molecule is [2H]c1c([2H])c([2H])c2c(-c3c4c([2H])c([2H])c([2H])c([2H])c4c(-c4ccc(-n5c(CC)nc6ccccc65)c5ccccc45)c4c([2H])c([2H])c([2H])c([2H])c34)c([2H])c([2H])c([2H])c2c1[2H]. The lowest BCUT2D eigenvalue weighted by Crippen LogP contribution is -2.01. The lowest BCUT2D eigenvalue weighted by molar-refractivity contribution is 0.913. The number of hydrogen-bond donors (Lipinski definition) is 0. The molecule has 1 heterocycles. The number of aromatic nitrogens is 2. The van der Waals surface area contributed by atoms with Crippen LogP contribution in [-0.2, 0) is 6.42 Å². The van der Waals surface area contributed by atoms with Gasteiger partial charge in [0.1, 0.15) is 5.82 Å². The Morgan fingerprint density at radius 2 is 1.11 bits per heavy atom. The molecule has 0 aliphatic heterocycles. The molecular formula is C43H30N2. The molecule has 0 spiro atoms. The molecule has 2 heteroatoms. The maximum Gasteiger partial charge on any atom is 0.114 e. The average molecular weight is 590 g/mol. The highest BCUT2D eigenvalue weighted by Gasteiger charge is 2.21. The molecule has 0 radical (unpaired) electrons. The van der Waals surface area contributed by atoms with Crippen LogP contribution in [0, 0.1) is 0 Å². The van der Waals surface area contributed by atoms with Gasteiger partial charge in [0.15, 0.2) is 0 Å². The summed E-state index contributed by atoms with van der Waals surface area (Å²) in [5, 5.41) is -0.518. The van der Waals surface area contributed by atoms with Crippen molar-refractivity contribution in [2.24, 2.45) is 0 Å². The fourth-order valence-electron chi connectivity index (χ4n) is 6.42.